The Labute approximate surface area is 182 Å². The Bertz CT molecular complexity index is 1100. The van der Waals surface area contributed by atoms with E-state index in [1.54, 1.807) is 4.90 Å². The molecule has 3 aromatic rings. The number of piperazine rings is 1. The topological polar surface area (TPSA) is 67.9 Å². The van der Waals surface area contributed by atoms with E-state index in [-0.39, 0.29) is 6.09 Å². The van der Waals surface area contributed by atoms with Crippen LogP contribution in [0.4, 0.5) is 10.5 Å². The van der Waals surface area contributed by atoms with Gasteiger partial charge in [-0.2, -0.15) is 10.2 Å². The molecule has 3 aromatic heterocycles. The number of amides is 1. The van der Waals surface area contributed by atoms with E-state index in [1.807, 2.05) is 37.7 Å². The van der Waals surface area contributed by atoms with Gasteiger partial charge in [-0.3, -0.25) is 4.68 Å². The number of rotatable bonds is 2. The Hall–Kier alpha value is -3.03. The SMILES string of the molecule is CC(C)(C)OC(=O)N1CCN(c2cnn3cc(-c4cnn5c4CCCC5)ccc23)CC1. The van der Waals surface area contributed by atoms with Crippen LogP contribution in [0.2, 0.25) is 0 Å². The summed E-state index contributed by atoms with van der Waals surface area (Å²) in [4.78, 5) is 16.4. The van der Waals surface area contributed by atoms with E-state index in [0.29, 0.717) is 13.1 Å². The fourth-order valence-corrected chi connectivity index (χ4v) is 4.49. The summed E-state index contributed by atoms with van der Waals surface area (Å²) in [5.74, 6) is 0. The van der Waals surface area contributed by atoms with Crippen LogP contribution < -0.4 is 4.90 Å². The van der Waals surface area contributed by atoms with Gasteiger partial charge in [-0.05, 0) is 46.1 Å². The van der Waals surface area contributed by atoms with Gasteiger partial charge in [0.25, 0.3) is 0 Å². The van der Waals surface area contributed by atoms with Crippen LogP contribution in [0.25, 0.3) is 16.6 Å². The third-order valence-electron chi connectivity index (χ3n) is 6.06. The Morgan fingerprint density at radius 3 is 2.58 bits per heavy atom. The second kappa shape index (κ2) is 7.59. The number of aromatic nitrogens is 4. The average Bonchev–Trinajstić information content (AvgIpc) is 3.36. The van der Waals surface area contributed by atoms with Crippen molar-refractivity contribution in [3.63, 3.8) is 0 Å². The van der Waals surface area contributed by atoms with E-state index < -0.39 is 5.60 Å². The van der Waals surface area contributed by atoms with E-state index in [4.69, 9.17) is 4.74 Å². The average molecular weight is 423 g/mol. The third kappa shape index (κ3) is 3.86. The number of aryl methyl sites for hydroxylation is 1. The number of pyridine rings is 1. The van der Waals surface area contributed by atoms with Gasteiger partial charge < -0.3 is 14.5 Å². The highest BCUT2D eigenvalue weighted by Crippen LogP contribution is 2.30. The first-order valence-corrected chi connectivity index (χ1v) is 11.1. The number of carbonyl (C=O) groups excluding carboxylic acids is 1. The van der Waals surface area contributed by atoms with Crippen LogP contribution in [0.1, 0.15) is 39.3 Å². The monoisotopic (exact) mass is 422 g/mol. The Kier molecular flexibility index (Phi) is 4.87. The van der Waals surface area contributed by atoms with Gasteiger partial charge in [-0.15, -0.1) is 0 Å². The van der Waals surface area contributed by atoms with Gasteiger partial charge in [0.05, 0.1) is 23.6 Å². The lowest BCUT2D eigenvalue weighted by Gasteiger charge is -2.36. The van der Waals surface area contributed by atoms with E-state index in [9.17, 15) is 4.79 Å². The highest BCUT2D eigenvalue weighted by molar-refractivity contribution is 5.76. The van der Waals surface area contributed by atoms with Crippen molar-refractivity contribution in [3.05, 3.63) is 36.4 Å². The lowest BCUT2D eigenvalue weighted by atomic mass is 10.0. The van der Waals surface area contributed by atoms with E-state index in [2.05, 4.69) is 38.1 Å². The smallest absolute Gasteiger partial charge is 0.410 e. The molecule has 0 saturated carbocycles. The molecule has 8 nitrogen and oxygen atoms in total. The highest BCUT2D eigenvalue weighted by Gasteiger charge is 2.27. The van der Waals surface area contributed by atoms with E-state index >= 15 is 0 Å². The highest BCUT2D eigenvalue weighted by atomic mass is 16.6. The molecule has 164 valence electrons. The van der Waals surface area contributed by atoms with Crippen LogP contribution in [0.5, 0.6) is 0 Å². The molecule has 1 saturated heterocycles. The molecule has 0 atom stereocenters. The summed E-state index contributed by atoms with van der Waals surface area (Å²) in [5.41, 5.74) is 5.41. The predicted molar refractivity (Wildman–Crippen MR) is 119 cm³/mol. The molecule has 2 aliphatic heterocycles. The van der Waals surface area contributed by atoms with E-state index in [0.717, 1.165) is 42.8 Å². The van der Waals surface area contributed by atoms with Crippen LogP contribution in [0, 0.1) is 0 Å². The number of hydrogen-bond acceptors (Lipinski definition) is 5. The Morgan fingerprint density at radius 1 is 1.00 bits per heavy atom. The zero-order valence-corrected chi connectivity index (χ0v) is 18.5. The number of nitrogens with zero attached hydrogens (tertiary/aromatic N) is 6. The van der Waals surface area contributed by atoms with Crippen LogP contribution in [0.3, 0.4) is 0 Å². The van der Waals surface area contributed by atoms with Gasteiger partial charge >= 0.3 is 6.09 Å². The summed E-state index contributed by atoms with van der Waals surface area (Å²) in [7, 11) is 0. The zero-order chi connectivity index (χ0) is 21.6. The van der Waals surface area contributed by atoms with Gasteiger partial charge in [0.15, 0.2) is 0 Å². The van der Waals surface area contributed by atoms with Crippen molar-refractivity contribution < 1.29 is 9.53 Å². The number of fused-ring (bicyclic) bond motifs is 2. The standard InChI is InChI=1S/C23H30N6O2/c1-23(2,3)31-22(30)27-12-10-26(11-13-27)21-15-25-29-16-17(7-8-20(21)29)18-14-24-28-9-5-4-6-19(18)28/h7-8,14-16H,4-6,9-13H2,1-3H3. The molecular weight excluding hydrogens is 392 g/mol. The lowest BCUT2D eigenvalue weighted by molar-refractivity contribution is 0.0240. The van der Waals surface area contributed by atoms with Gasteiger partial charge in [0, 0.05) is 55.7 Å². The normalized spacial score (nSPS) is 17.1. The van der Waals surface area contributed by atoms with Gasteiger partial charge in [-0.25, -0.2) is 9.31 Å². The summed E-state index contributed by atoms with van der Waals surface area (Å²) in [6.45, 7) is 9.52. The molecule has 5 heterocycles. The predicted octanol–water partition coefficient (Wildman–Crippen LogP) is 3.59. The fourth-order valence-electron chi connectivity index (χ4n) is 4.49. The molecule has 0 radical (unpaired) electrons. The van der Waals surface area contributed by atoms with E-state index in [1.165, 1.54) is 24.1 Å². The Morgan fingerprint density at radius 2 is 1.81 bits per heavy atom. The first-order valence-electron chi connectivity index (χ1n) is 11.1. The fraction of sp³-hybridized carbons (Fsp3) is 0.522. The van der Waals surface area contributed by atoms with Crippen molar-refractivity contribution >= 4 is 17.3 Å². The minimum Gasteiger partial charge on any atom is -0.444 e. The van der Waals surface area contributed by atoms with Crippen molar-refractivity contribution in [2.24, 2.45) is 0 Å². The molecule has 0 bridgehead atoms. The lowest BCUT2D eigenvalue weighted by Crippen LogP contribution is -2.50. The maximum atomic E-state index is 12.3. The summed E-state index contributed by atoms with van der Waals surface area (Å²) >= 11 is 0. The number of carbonyl (C=O) groups is 1. The summed E-state index contributed by atoms with van der Waals surface area (Å²) in [5, 5.41) is 9.19. The van der Waals surface area contributed by atoms with Crippen molar-refractivity contribution in [2.75, 3.05) is 31.1 Å². The summed E-state index contributed by atoms with van der Waals surface area (Å²) in [6.07, 6.45) is 9.29. The molecule has 8 heteroatoms. The largest absolute Gasteiger partial charge is 0.444 e. The second-order valence-electron chi connectivity index (χ2n) is 9.42. The van der Waals surface area contributed by atoms with Crippen molar-refractivity contribution in [3.8, 4) is 11.1 Å². The van der Waals surface area contributed by atoms with Crippen molar-refractivity contribution in [2.45, 2.75) is 52.2 Å². The molecule has 0 unspecified atom stereocenters. The minimum absolute atomic E-state index is 0.235. The molecule has 0 aromatic carbocycles. The van der Waals surface area contributed by atoms with Gasteiger partial charge in [0.1, 0.15) is 5.60 Å². The first kappa shape index (κ1) is 19.9. The van der Waals surface area contributed by atoms with Crippen molar-refractivity contribution in [1.29, 1.82) is 0 Å². The number of anilines is 1. The second-order valence-corrected chi connectivity index (χ2v) is 9.42. The maximum Gasteiger partial charge on any atom is 0.410 e. The molecule has 0 spiro atoms. The molecular formula is C23H30N6O2. The van der Waals surface area contributed by atoms with Crippen LogP contribution in [0.15, 0.2) is 30.7 Å². The quantitative estimate of drug-likeness (QED) is 0.631. The van der Waals surface area contributed by atoms with Gasteiger partial charge in [0.2, 0.25) is 0 Å². The number of ether oxygens (including phenoxy) is 1. The van der Waals surface area contributed by atoms with Crippen LogP contribution in [-0.2, 0) is 17.7 Å². The Balaban J connectivity index is 1.32. The molecule has 31 heavy (non-hydrogen) atoms. The molecule has 1 amide bonds. The summed E-state index contributed by atoms with van der Waals surface area (Å²) in [6, 6.07) is 4.31. The third-order valence-corrected chi connectivity index (χ3v) is 6.06. The molecule has 1 fully saturated rings. The summed E-state index contributed by atoms with van der Waals surface area (Å²) < 4.78 is 9.60. The molecule has 0 aliphatic carbocycles. The first-order chi connectivity index (χ1) is 14.9. The van der Waals surface area contributed by atoms with Crippen molar-refractivity contribution in [1.82, 2.24) is 24.3 Å². The molecule has 0 N–H and O–H groups in total. The molecule has 2 aliphatic rings. The van der Waals surface area contributed by atoms with Gasteiger partial charge in [-0.1, -0.05) is 6.07 Å². The zero-order valence-electron chi connectivity index (χ0n) is 18.5. The minimum atomic E-state index is -0.469. The maximum absolute atomic E-state index is 12.3. The number of hydrogen-bond donors (Lipinski definition) is 0. The van der Waals surface area contributed by atoms with Crippen LogP contribution >= 0.6 is 0 Å². The molecule has 5 rings (SSSR count). The van der Waals surface area contributed by atoms with Crippen LogP contribution in [-0.4, -0.2) is 62.2 Å².